The van der Waals surface area contributed by atoms with Gasteiger partial charge in [-0.2, -0.15) is 13.2 Å². The molecule has 4 rings (SSSR count). The fraction of sp³-hybridized carbons (Fsp3) is 0.591. The van der Waals surface area contributed by atoms with Crippen LogP contribution in [0.25, 0.3) is 0 Å². The zero-order valence-corrected chi connectivity index (χ0v) is 18.9. The van der Waals surface area contributed by atoms with Crippen molar-refractivity contribution in [3.8, 4) is 5.75 Å². The topological polar surface area (TPSA) is 98.5 Å². The van der Waals surface area contributed by atoms with E-state index in [0.717, 1.165) is 0 Å². The number of hydrogen-bond acceptors (Lipinski definition) is 5. The lowest BCUT2D eigenvalue weighted by Gasteiger charge is -2.53. The number of nitrogens with two attached hydrogens (primary N) is 1. The van der Waals surface area contributed by atoms with Gasteiger partial charge in [0.05, 0.1) is 17.0 Å². The first-order valence-electron chi connectivity index (χ1n) is 10.7. The quantitative estimate of drug-likeness (QED) is 0.511. The molecule has 1 amide bonds. The minimum absolute atomic E-state index is 0.0122. The maximum Gasteiger partial charge on any atom is 0.397 e. The van der Waals surface area contributed by atoms with Gasteiger partial charge < -0.3 is 15.8 Å². The second kappa shape index (κ2) is 9.61. The van der Waals surface area contributed by atoms with Gasteiger partial charge in [0.25, 0.3) is 0 Å². The van der Waals surface area contributed by atoms with Crippen LogP contribution in [0.3, 0.4) is 0 Å². The lowest BCUT2D eigenvalue weighted by molar-refractivity contribution is -0.156. The molecule has 0 aromatic heterocycles. The molecule has 6 nitrogen and oxygen atoms in total. The van der Waals surface area contributed by atoms with Crippen LogP contribution in [0.4, 0.5) is 17.6 Å². The molecule has 3 saturated carbocycles. The first-order chi connectivity index (χ1) is 15.4. The maximum absolute atomic E-state index is 13.1. The van der Waals surface area contributed by atoms with Crippen LogP contribution in [0.5, 0.6) is 5.75 Å². The van der Waals surface area contributed by atoms with Gasteiger partial charge in [0, 0.05) is 17.7 Å². The van der Waals surface area contributed by atoms with E-state index in [0.29, 0.717) is 50.6 Å². The van der Waals surface area contributed by atoms with Gasteiger partial charge in [-0.1, -0.05) is 0 Å². The fourth-order valence-electron chi connectivity index (χ4n) is 4.73. The van der Waals surface area contributed by atoms with Crippen molar-refractivity contribution in [2.75, 3.05) is 18.9 Å². The Balaban J connectivity index is 1.60. The van der Waals surface area contributed by atoms with Crippen LogP contribution in [0.15, 0.2) is 41.1 Å². The second-order valence-corrected chi connectivity index (χ2v) is 11.1. The Morgan fingerprint density at radius 3 is 2.15 bits per heavy atom. The first kappa shape index (κ1) is 25.5. The van der Waals surface area contributed by atoms with Gasteiger partial charge in [0.2, 0.25) is 5.91 Å². The van der Waals surface area contributed by atoms with Crippen molar-refractivity contribution in [3.05, 3.63) is 36.2 Å². The van der Waals surface area contributed by atoms with Crippen LogP contribution in [-0.2, 0) is 14.6 Å². The molecule has 33 heavy (non-hydrogen) atoms. The lowest BCUT2D eigenvalue weighted by atomic mass is 9.58. The van der Waals surface area contributed by atoms with Crippen LogP contribution in [0.2, 0.25) is 0 Å². The van der Waals surface area contributed by atoms with E-state index < -0.39 is 39.3 Å². The normalized spacial score (nSPS) is 25.7. The number of carbonyl (C=O) groups is 1. The third-order valence-corrected chi connectivity index (χ3v) is 8.67. The number of amides is 1. The highest BCUT2D eigenvalue weighted by Crippen LogP contribution is 2.53. The van der Waals surface area contributed by atoms with E-state index in [1.54, 1.807) is 0 Å². The highest BCUT2D eigenvalue weighted by molar-refractivity contribution is 7.91. The van der Waals surface area contributed by atoms with Crippen LogP contribution >= 0.6 is 0 Å². The third-order valence-electron chi connectivity index (χ3n) is 6.69. The van der Waals surface area contributed by atoms with Crippen LogP contribution in [0.1, 0.15) is 44.9 Å². The standard InChI is InChI=1S/C22H28F4N2O4S/c23-12-16(13-27)14-32-17-1-3-18(4-2-17)33(30,31)15-20-5-8-21(9-6-20,10-7-20)28-19(29)11-22(24,25)26/h1-4,12H,5-11,13-15,27H2,(H,28,29)/b16-12+. The number of sulfone groups is 1. The van der Waals surface area contributed by atoms with Gasteiger partial charge in [-0.15, -0.1) is 0 Å². The minimum atomic E-state index is -4.56. The number of ether oxygens (including phenoxy) is 1. The van der Waals surface area contributed by atoms with Crippen molar-refractivity contribution < 1.29 is 35.5 Å². The Labute approximate surface area is 190 Å². The highest BCUT2D eigenvalue weighted by Gasteiger charge is 2.51. The number of rotatable bonds is 9. The summed E-state index contributed by atoms with van der Waals surface area (Å²) in [5, 5.41) is 2.57. The number of fused-ring (bicyclic) bond motifs is 3. The molecule has 0 spiro atoms. The minimum Gasteiger partial charge on any atom is -0.489 e. The molecule has 1 aromatic carbocycles. The van der Waals surface area contributed by atoms with E-state index in [9.17, 15) is 30.8 Å². The molecule has 11 heteroatoms. The van der Waals surface area contributed by atoms with Crippen molar-refractivity contribution in [3.63, 3.8) is 0 Å². The van der Waals surface area contributed by atoms with E-state index >= 15 is 0 Å². The van der Waals surface area contributed by atoms with Crippen molar-refractivity contribution in [2.24, 2.45) is 11.1 Å². The summed E-state index contributed by atoms with van der Waals surface area (Å²) >= 11 is 0. The van der Waals surface area contributed by atoms with Crippen molar-refractivity contribution in [2.45, 2.75) is 61.6 Å². The molecule has 0 heterocycles. The molecule has 3 fully saturated rings. The highest BCUT2D eigenvalue weighted by atomic mass is 32.2. The molecule has 3 aliphatic rings. The molecule has 2 bridgehead atoms. The van der Waals surface area contributed by atoms with Crippen LogP contribution in [-0.4, -0.2) is 44.9 Å². The Kier molecular flexibility index (Phi) is 7.42. The Hall–Kier alpha value is -2.14. The van der Waals surface area contributed by atoms with Gasteiger partial charge in [-0.25, -0.2) is 12.8 Å². The summed E-state index contributed by atoms with van der Waals surface area (Å²) in [4.78, 5) is 11.9. The first-order valence-corrected chi connectivity index (χ1v) is 12.4. The third kappa shape index (κ3) is 6.47. The van der Waals surface area contributed by atoms with E-state index in [-0.39, 0.29) is 29.4 Å². The molecular formula is C22H28F4N2O4S. The van der Waals surface area contributed by atoms with Crippen molar-refractivity contribution >= 4 is 15.7 Å². The summed E-state index contributed by atoms with van der Waals surface area (Å²) in [6.07, 6.45) is -2.72. The number of hydrogen-bond donors (Lipinski definition) is 2. The van der Waals surface area contributed by atoms with E-state index in [1.165, 1.54) is 24.3 Å². The van der Waals surface area contributed by atoms with Gasteiger partial charge in [-0.05, 0) is 68.2 Å². The number of halogens is 4. The number of benzene rings is 1. The Morgan fingerprint density at radius 2 is 1.67 bits per heavy atom. The molecule has 1 aromatic rings. The van der Waals surface area contributed by atoms with Gasteiger partial charge in [-0.3, -0.25) is 4.79 Å². The molecule has 0 radical (unpaired) electrons. The molecule has 0 unspecified atom stereocenters. The molecule has 3 aliphatic carbocycles. The zero-order chi connectivity index (χ0) is 24.3. The fourth-order valence-corrected chi connectivity index (χ4v) is 6.69. The molecule has 0 saturated heterocycles. The predicted octanol–water partition coefficient (Wildman–Crippen LogP) is 3.81. The molecule has 3 N–H and O–H groups in total. The van der Waals surface area contributed by atoms with E-state index in [1.807, 2.05) is 0 Å². The van der Waals surface area contributed by atoms with E-state index in [4.69, 9.17) is 10.5 Å². The van der Waals surface area contributed by atoms with Gasteiger partial charge in [0.1, 0.15) is 18.8 Å². The summed E-state index contributed by atoms with van der Waals surface area (Å²) in [7, 11) is -3.61. The average Bonchev–Trinajstić information content (AvgIpc) is 2.74. The Morgan fingerprint density at radius 1 is 1.09 bits per heavy atom. The number of carbonyl (C=O) groups excluding carboxylic acids is 1. The average molecular weight is 493 g/mol. The molecule has 0 aliphatic heterocycles. The molecule has 184 valence electrons. The van der Waals surface area contributed by atoms with Gasteiger partial charge >= 0.3 is 6.18 Å². The Bertz CT molecular complexity index is 966. The van der Waals surface area contributed by atoms with E-state index in [2.05, 4.69) is 5.32 Å². The summed E-state index contributed by atoms with van der Waals surface area (Å²) in [6, 6.07) is 5.88. The van der Waals surface area contributed by atoms with Crippen LogP contribution in [0, 0.1) is 5.41 Å². The second-order valence-electron chi connectivity index (χ2n) is 9.11. The smallest absolute Gasteiger partial charge is 0.397 e. The summed E-state index contributed by atoms with van der Waals surface area (Å²) in [5.74, 6) is -0.712. The number of alkyl halides is 3. The SMILES string of the molecule is NC/C(=C\F)COc1ccc(S(=O)(=O)CC23CCC(NC(=O)CC(F)(F)F)(CC2)CC3)cc1. The summed E-state index contributed by atoms with van der Waals surface area (Å²) < 4.78 is 81.5. The van der Waals surface area contributed by atoms with Gasteiger partial charge in [0.15, 0.2) is 9.84 Å². The largest absolute Gasteiger partial charge is 0.489 e. The molecular weight excluding hydrogens is 464 g/mol. The van der Waals surface area contributed by atoms with Crippen molar-refractivity contribution in [1.82, 2.24) is 5.32 Å². The van der Waals surface area contributed by atoms with Crippen LogP contribution < -0.4 is 15.8 Å². The van der Waals surface area contributed by atoms with Crippen molar-refractivity contribution in [1.29, 1.82) is 0 Å². The zero-order valence-electron chi connectivity index (χ0n) is 18.1. The predicted molar refractivity (Wildman–Crippen MR) is 114 cm³/mol. The molecule has 0 atom stereocenters. The lowest BCUT2D eigenvalue weighted by Crippen LogP contribution is -2.58. The number of nitrogens with one attached hydrogen (secondary N) is 1. The maximum atomic E-state index is 13.1. The monoisotopic (exact) mass is 492 g/mol. The summed E-state index contributed by atoms with van der Waals surface area (Å²) in [6.45, 7) is -0.0260. The summed E-state index contributed by atoms with van der Waals surface area (Å²) in [5.41, 5.74) is 4.51.